The zero-order chi connectivity index (χ0) is 18.2. The summed E-state index contributed by atoms with van der Waals surface area (Å²) in [5, 5.41) is 11.9. The van der Waals surface area contributed by atoms with E-state index >= 15 is 0 Å². The minimum atomic E-state index is -0.594. The van der Waals surface area contributed by atoms with E-state index in [0.29, 0.717) is 29.5 Å². The van der Waals surface area contributed by atoms with Gasteiger partial charge in [-0.05, 0) is 58.2 Å². The molecule has 25 heavy (non-hydrogen) atoms. The van der Waals surface area contributed by atoms with Crippen molar-refractivity contribution >= 4 is 5.78 Å². The van der Waals surface area contributed by atoms with Gasteiger partial charge < -0.3 is 32.3 Å². The van der Waals surface area contributed by atoms with E-state index in [1.165, 1.54) is 0 Å². The van der Waals surface area contributed by atoms with Crippen molar-refractivity contribution in [3.05, 3.63) is 23.8 Å². The lowest BCUT2D eigenvalue weighted by molar-refractivity contribution is -0.685. The van der Waals surface area contributed by atoms with Gasteiger partial charge in [0.05, 0.1) is 38.8 Å². The van der Waals surface area contributed by atoms with Gasteiger partial charge in [0.2, 0.25) is 0 Å². The van der Waals surface area contributed by atoms with E-state index in [0.717, 1.165) is 25.8 Å². The molecule has 0 amide bonds. The normalized spacial score (nSPS) is 12.2. The molecule has 0 bridgehead atoms. The molecule has 6 heteroatoms. The molecule has 0 saturated carbocycles. The molecule has 1 aromatic carbocycles. The Morgan fingerprint density at radius 3 is 2.44 bits per heavy atom. The number of hydrogen-bond donors (Lipinski definition) is 2. The first-order chi connectivity index (χ1) is 11.3. The highest BCUT2D eigenvalue weighted by atomic mass is 35.5. The molecule has 144 valence electrons. The number of halogens is 1. The van der Waals surface area contributed by atoms with Crippen LogP contribution in [0.1, 0.15) is 56.8 Å². The van der Waals surface area contributed by atoms with Crippen LogP contribution in [0, 0.1) is 0 Å². The highest BCUT2D eigenvalue weighted by molar-refractivity contribution is 5.96. The second-order valence-electron chi connectivity index (χ2n) is 6.95. The Morgan fingerprint density at radius 2 is 1.88 bits per heavy atom. The van der Waals surface area contributed by atoms with Gasteiger partial charge in [0.15, 0.2) is 17.3 Å². The van der Waals surface area contributed by atoms with Crippen molar-refractivity contribution in [2.24, 2.45) is 0 Å². The van der Waals surface area contributed by atoms with Gasteiger partial charge in [-0.15, -0.1) is 0 Å². The van der Waals surface area contributed by atoms with Crippen LogP contribution >= 0.6 is 0 Å². The lowest BCUT2D eigenvalue weighted by Crippen LogP contribution is -3.00. The van der Waals surface area contributed by atoms with Gasteiger partial charge in [-0.1, -0.05) is 0 Å². The van der Waals surface area contributed by atoms with Crippen molar-refractivity contribution in [2.45, 2.75) is 58.1 Å². The van der Waals surface area contributed by atoms with Crippen LogP contribution in [0.15, 0.2) is 18.2 Å². The first kappa shape index (κ1) is 23.7. The summed E-state index contributed by atoms with van der Waals surface area (Å²) in [6, 6.07) is 5.71. The van der Waals surface area contributed by atoms with Crippen LogP contribution in [0.4, 0.5) is 0 Å². The summed E-state index contributed by atoms with van der Waals surface area (Å²) in [6.07, 6.45) is 3.32. The molecule has 0 saturated heterocycles. The molecule has 0 aliphatic carbocycles. The Balaban J connectivity index is 0.00000576. The van der Waals surface area contributed by atoms with Crippen molar-refractivity contribution in [1.82, 2.24) is 0 Å². The minimum absolute atomic E-state index is 0. The summed E-state index contributed by atoms with van der Waals surface area (Å²) in [4.78, 5) is 12.3. The molecular weight excluding hydrogens is 342 g/mol. The Labute approximate surface area is 157 Å². The van der Waals surface area contributed by atoms with Crippen molar-refractivity contribution < 1.29 is 37.1 Å². The van der Waals surface area contributed by atoms with Gasteiger partial charge in [-0.25, -0.2) is 0 Å². The predicted octanol–water partition coefficient (Wildman–Crippen LogP) is -0.826. The van der Waals surface area contributed by atoms with Gasteiger partial charge in [-0.2, -0.15) is 0 Å². The van der Waals surface area contributed by atoms with Crippen molar-refractivity contribution in [3.8, 4) is 11.5 Å². The van der Waals surface area contributed by atoms with E-state index in [9.17, 15) is 9.90 Å². The number of nitrogens with two attached hydrogens (primary N) is 1. The average molecular weight is 374 g/mol. The standard InChI is InChI=1S/C19H31NO4.ClH/c1-14(7-6-11-19(2,3)22)20-12-10-16(21)15-8-9-17(23-4)18(13-15)24-5;/h8-9,13-14,20,22H,6-7,10-12H2,1-5H3;1H. The number of methoxy groups -OCH3 is 2. The maximum atomic E-state index is 12.3. The Morgan fingerprint density at radius 1 is 1.24 bits per heavy atom. The third kappa shape index (κ3) is 9.10. The number of rotatable bonds is 11. The zero-order valence-electron chi connectivity index (χ0n) is 16.0. The number of aliphatic hydroxyl groups is 1. The number of benzene rings is 1. The fourth-order valence-corrected chi connectivity index (χ4v) is 2.63. The number of hydrogen-bond acceptors (Lipinski definition) is 4. The van der Waals surface area contributed by atoms with Gasteiger partial charge in [0.25, 0.3) is 0 Å². The molecule has 0 radical (unpaired) electrons. The topological polar surface area (TPSA) is 72.4 Å². The molecule has 0 heterocycles. The highest BCUT2D eigenvalue weighted by Crippen LogP contribution is 2.27. The fraction of sp³-hybridized carbons (Fsp3) is 0.632. The zero-order valence-corrected chi connectivity index (χ0v) is 16.7. The minimum Gasteiger partial charge on any atom is -1.00 e. The number of quaternary nitrogens is 1. The Hall–Kier alpha value is -1.30. The van der Waals surface area contributed by atoms with Crippen molar-refractivity contribution in [3.63, 3.8) is 0 Å². The lowest BCUT2D eigenvalue weighted by Gasteiger charge is -2.17. The van der Waals surface area contributed by atoms with Crippen LogP contribution in [-0.2, 0) is 0 Å². The summed E-state index contributed by atoms with van der Waals surface area (Å²) in [6.45, 7) is 6.59. The van der Waals surface area contributed by atoms with Crippen molar-refractivity contribution in [1.29, 1.82) is 0 Å². The van der Waals surface area contributed by atoms with E-state index in [1.54, 1.807) is 32.4 Å². The molecule has 3 N–H and O–H groups in total. The van der Waals surface area contributed by atoms with Crippen LogP contribution < -0.4 is 27.2 Å². The van der Waals surface area contributed by atoms with Gasteiger partial charge >= 0.3 is 0 Å². The first-order valence-electron chi connectivity index (χ1n) is 8.57. The van der Waals surface area contributed by atoms with E-state index in [4.69, 9.17) is 9.47 Å². The monoisotopic (exact) mass is 373 g/mol. The number of Topliss-reactive ketones (excluding diaryl/α,β-unsaturated/α-hetero) is 1. The molecule has 0 aliphatic rings. The summed E-state index contributed by atoms with van der Waals surface area (Å²) in [5.74, 6) is 1.31. The van der Waals surface area contributed by atoms with Crippen LogP contribution in [0.5, 0.6) is 11.5 Å². The van der Waals surface area contributed by atoms with Crippen LogP contribution in [0.2, 0.25) is 0 Å². The SMILES string of the molecule is COc1ccc(C(=O)CC[NH2+]C(C)CCCC(C)(C)O)cc1OC.[Cl-]. The molecule has 0 aromatic heterocycles. The fourth-order valence-electron chi connectivity index (χ4n) is 2.63. The molecule has 0 fully saturated rings. The number of carbonyl (C=O) groups is 1. The second kappa shape index (κ2) is 11.3. The lowest BCUT2D eigenvalue weighted by atomic mass is 9.99. The Bertz CT molecular complexity index is 529. The quantitative estimate of drug-likeness (QED) is 0.497. The second-order valence-corrected chi connectivity index (χ2v) is 6.95. The summed E-state index contributed by atoms with van der Waals surface area (Å²) >= 11 is 0. The number of ketones is 1. The van der Waals surface area contributed by atoms with Gasteiger partial charge in [-0.3, -0.25) is 4.79 Å². The maximum absolute atomic E-state index is 12.3. The van der Waals surface area contributed by atoms with Gasteiger partial charge in [0, 0.05) is 5.56 Å². The molecular formula is C19H32ClNO4. The smallest absolute Gasteiger partial charge is 0.168 e. The van der Waals surface area contributed by atoms with E-state index in [2.05, 4.69) is 12.2 Å². The molecule has 1 unspecified atom stereocenters. The van der Waals surface area contributed by atoms with Crippen LogP contribution in [0.25, 0.3) is 0 Å². The summed E-state index contributed by atoms with van der Waals surface area (Å²) in [5.41, 5.74) is 0.0547. The highest BCUT2D eigenvalue weighted by Gasteiger charge is 2.15. The van der Waals surface area contributed by atoms with E-state index in [1.807, 2.05) is 13.8 Å². The van der Waals surface area contributed by atoms with Crippen LogP contribution in [-0.4, -0.2) is 43.3 Å². The van der Waals surface area contributed by atoms with E-state index < -0.39 is 5.60 Å². The molecule has 1 atom stereocenters. The molecule has 0 aliphatic heterocycles. The number of ether oxygens (including phenoxy) is 2. The largest absolute Gasteiger partial charge is 1.00 e. The Kier molecular flexibility index (Phi) is 10.8. The molecule has 1 aromatic rings. The van der Waals surface area contributed by atoms with Crippen LogP contribution in [0.3, 0.4) is 0 Å². The number of carbonyl (C=O) groups excluding carboxylic acids is 1. The first-order valence-corrected chi connectivity index (χ1v) is 8.57. The predicted molar refractivity (Wildman–Crippen MR) is 94.9 cm³/mol. The maximum Gasteiger partial charge on any atom is 0.168 e. The molecule has 0 spiro atoms. The average Bonchev–Trinajstić information content (AvgIpc) is 2.52. The van der Waals surface area contributed by atoms with Crippen molar-refractivity contribution in [2.75, 3.05) is 20.8 Å². The third-order valence-corrected chi connectivity index (χ3v) is 4.09. The third-order valence-electron chi connectivity index (χ3n) is 4.09. The van der Waals surface area contributed by atoms with Gasteiger partial charge in [0.1, 0.15) is 0 Å². The van der Waals surface area contributed by atoms with E-state index in [-0.39, 0.29) is 18.2 Å². The summed E-state index contributed by atoms with van der Waals surface area (Å²) in [7, 11) is 3.14. The molecule has 5 nitrogen and oxygen atoms in total. The molecule has 1 rings (SSSR count). The summed E-state index contributed by atoms with van der Waals surface area (Å²) < 4.78 is 10.4.